The molecule has 0 saturated carbocycles. The second-order valence-corrected chi connectivity index (χ2v) is 5.06. The normalized spacial score (nSPS) is 11.2. The minimum absolute atomic E-state index is 0.0623. The third-order valence-electron chi connectivity index (χ3n) is 3.45. The first-order valence-electron chi connectivity index (χ1n) is 7.17. The second-order valence-electron chi connectivity index (χ2n) is 5.06. The van der Waals surface area contributed by atoms with Crippen LogP contribution in [0.1, 0.15) is 22.6 Å². The molecule has 0 bridgehead atoms. The van der Waals surface area contributed by atoms with Crippen LogP contribution in [0.4, 0.5) is 0 Å². The summed E-state index contributed by atoms with van der Waals surface area (Å²) in [7, 11) is 0. The van der Waals surface area contributed by atoms with Crippen LogP contribution in [0, 0.1) is 6.92 Å². The number of hydrogen-bond acceptors (Lipinski definition) is 3. The Labute approximate surface area is 129 Å². The zero-order valence-corrected chi connectivity index (χ0v) is 12.4. The average Bonchev–Trinajstić information content (AvgIpc) is 2.95. The number of aliphatic hydroxyl groups is 1. The molecule has 3 aromatic rings. The number of rotatable bonds is 4. The molecule has 1 heterocycles. The lowest BCUT2D eigenvalue weighted by atomic mass is 10.1. The SMILES string of the molecule is Cc1oc(-c2ccccc2)nc1/C=C/c1ccc(CO)cc1. The van der Waals surface area contributed by atoms with Crippen molar-refractivity contribution < 1.29 is 9.52 Å². The quantitative estimate of drug-likeness (QED) is 0.779. The summed E-state index contributed by atoms with van der Waals surface area (Å²) in [6, 6.07) is 17.6. The summed E-state index contributed by atoms with van der Waals surface area (Å²) in [4.78, 5) is 4.54. The van der Waals surface area contributed by atoms with Gasteiger partial charge >= 0.3 is 0 Å². The van der Waals surface area contributed by atoms with Gasteiger partial charge in [0.15, 0.2) is 0 Å². The molecule has 2 aromatic carbocycles. The molecule has 0 radical (unpaired) electrons. The van der Waals surface area contributed by atoms with E-state index in [1.165, 1.54) is 0 Å². The number of benzene rings is 2. The monoisotopic (exact) mass is 291 g/mol. The highest BCUT2D eigenvalue weighted by Crippen LogP contribution is 2.22. The number of oxazole rings is 1. The summed E-state index contributed by atoms with van der Waals surface area (Å²) in [6.07, 6.45) is 3.93. The van der Waals surface area contributed by atoms with Crippen molar-refractivity contribution in [2.45, 2.75) is 13.5 Å². The Morgan fingerprint density at radius 1 is 1.00 bits per heavy atom. The minimum atomic E-state index is 0.0623. The molecule has 0 aliphatic carbocycles. The van der Waals surface area contributed by atoms with E-state index in [1.807, 2.05) is 73.7 Å². The third kappa shape index (κ3) is 3.15. The molecule has 3 heteroatoms. The summed E-state index contributed by atoms with van der Waals surface area (Å²) in [6.45, 7) is 1.97. The van der Waals surface area contributed by atoms with Crippen molar-refractivity contribution >= 4 is 12.2 Å². The Hall–Kier alpha value is -2.65. The molecule has 0 amide bonds. The molecule has 0 unspecified atom stereocenters. The van der Waals surface area contributed by atoms with Gasteiger partial charge in [0.1, 0.15) is 11.5 Å². The molecule has 0 fully saturated rings. The molecule has 22 heavy (non-hydrogen) atoms. The maximum Gasteiger partial charge on any atom is 0.226 e. The van der Waals surface area contributed by atoms with Crippen LogP contribution >= 0.6 is 0 Å². The van der Waals surface area contributed by atoms with Crippen molar-refractivity contribution in [1.29, 1.82) is 0 Å². The highest BCUT2D eigenvalue weighted by atomic mass is 16.4. The summed E-state index contributed by atoms with van der Waals surface area (Å²) in [5.41, 5.74) is 3.75. The van der Waals surface area contributed by atoms with Crippen molar-refractivity contribution in [3.8, 4) is 11.5 Å². The van der Waals surface area contributed by atoms with Gasteiger partial charge in [-0.2, -0.15) is 0 Å². The Morgan fingerprint density at radius 2 is 1.73 bits per heavy atom. The van der Waals surface area contributed by atoms with Crippen molar-refractivity contribution in [2.75, 3.05) is 0 Å². The van der Waals surface area contributed by atoms with Gasteiger partial charge in [-0.25, -0.2) is 4.98 Å². The first-order chi connectivity index (χ1) is 10.8. The number of aryl methyl sites for hydroxylation is 1. The van der Waals surface area contributed by atoms with Gasteiger partial charge in [0.2, 0.25) is 5.89 Å². The van der Waals surface area contributed by atoms with Gasteiger partial charge in [-0.1, -0.05) is 48.5 Å². The molecule has 0 saturated heterocycles. The average molecular weight is 291 g/mol. The Kier molecular flexibility index (Phi) is 4.17. The van der Waals surface area contributed by atoms with Crippen molar-refractivity contribution in [3.63, 3.8) is 0 Å². The van der Waals surface area contributed by atoms with Crippen LogP contribution < -0.4 is 0 Å². The largest absolute Gasteiger partial charge is 0.441 e. The molecule has 3 rings (SSSR count). The van der Waals surface area contributed by atoms with Gasteiger partial charge in [0, 0.05) is 5.56 Å². The van der Waals surface area contributed by atoms with Crippen LogP contribution in [-0.4, -0.2) is 10.1 Å². The molecule has 110 valence electrons. The highest BCUT2D eigenvalue weighted by Gasteiger charge is 2.08. The zero-order chi connectivity index (χ0) is 15.4. The van der Waals surface area contributed by atoms with E-state index in [0.29, 0.717) is 5.89 Å². The number of aromatic nitrogens is 1. The van der Waals surface area contributed by atoms with Crippen LogP contribution in [0.25, 0.3) is 23.6 Å². The summed E-state index contributed by atoms with van der Waals surface area (Å²) >= 11 is 0. The number of aliphatic hydroxyl groups excluding tert-OH is 1. The van der Waals surface area contributed by atoms with E-state index in [0.717, 1.165) is 28.1 Å². The fourth-order valence-electron chi connectivity index (χ4n) is 2.18. The maximum absolute atomic E-state index is 9.04. The lowest BCUT2D eigenvalue weighted by molar-refractivity contribution is 0.282. The molecular weight excluding hydrogens is 274 g/mol. The standard InChI is InChI=1S/C19H17NO2/c1-14-18(12-11-15-7-9-16(13-21)10-8-15)20-19(22-14)17-5-3-2-4-6-17/h2-12,21H,13H2,1H3/b12-11+. The number of hydrogen-bond donors (Lipinski definition) is 1. The van der Waals surface area contributed by atoms with Crippen molar-refractivity contribution in [3.05, 3.63) is 77.2 Å². The van der Waals surface area contributed by atoms with E-state index in [4.69, 9.17) is 9.52 Å². The van der Waals surface area contributed by atoms with Crippen LogP contribution in [0.2, 0.25) is 0 Å². The van der Waals surface area contributed by atoms with Crippen LogP contribution in [-0.2, 0) is 6.61 Å². The summed E-state index contributed by atoms with van der Waals surface area (Å²) in [5.74, 6) is 1.43. The zero-order valence-electron chi connectivity index (χ0n) is 12.4. The molecule has 0 spiro atoms. The smallest absolute Gasteiger partial charge is 0.226 e. The van der Waals surface area contributed by atoms with Crippen molar-refractivity contribution in [1.82, 2.24) is 4.98 Å². The minimum Gasteiger partial charge on any atom is -0.441 e. The van der Waals surface area contributed by atoms with E-state index in [9.17, 15) is 0 Å². The van der Waals surface area contributed by atoms with Gasteiger partial charge in [-0.05, 0) is 36.3 Å². The highest BCUT2D eigenvalue weighted by molar-refractivity contribution is 5.70. The molecule has 1 aromatic heterocycles. The fraction of sp³-hybridized carbons (Fsp3) is 0.105. The maximum atomic E-state index is 9.04. The molecule has 0 aliphatic heterocycles. The van der Waals surface area contributed by atoms with Gasteiger partial charge in [-0.15, -0.1) is 0 Å². The second kappa shape index (κ2) is 6.41. The van der Waals surface area contributed by atoms with E-state index >= 15 is 0 Å². The van der Waals surface area contributed by atoms with E-state index in [-0.39, 0.29) is 6.61 Å². The van der Waals surface area contributed by atoms with Crippen LogP contribution in [0.5, 0.6) is 0 Å². The molecular formula is C19H17NO2. The fourth-order valence-corrected chi connectivity index (χ4v) is 2.18. The van der Waals surface area contributed by atoms with Crippen molar-refractivity contribution in [2.24, 2.45) is 0 Å². The van der Waals surface area contributed by atoms with Gasteiger partial charge in [0.05, 0.1) is 6.61 Å². The van der Waals surface area contributed by atoms with Gasteiger partial charge < -0.3 is 9.52 Å². The molecule has 1 N–H and O–H groups in total. The van der Waals surface area contributed by atoms with Gasteiger partial charge in [-0.3, -0.25) is 0 Å². The molecule has 0 aliphatic rings. The summed E-state index contributed by atoms with van der Waals surface area (Å²) in [5, 5.41) is 9.04. The lowest BCUT2D eigenvalue weighted by Crippen LogP contribution is -1.82. The Morgan fingerprint density at radius 3 is 2.41 bits per heavy atom. The number of nitrogens with zero attached hydrogens (tertiary/aromatic N) is 1. The first kappa shape index (κ1) is 14.3. The predicted octanol–water partition coefficient (Wildman–Crippen LogP) is 4.31. The Balaban J connectivity index is 1.83. The predicted molar refractivity (Wildman–Crippen MR) is 88.0 cm³/mol. The van der Waals surface area contributed by atoms with E-state index in [2.05, 4.69) is 4.98 Å². The van der Waals surface area contributed by atoms with Crippen LogP contribution in [0.3, 0.4) is 0 Å². The topological polar surface area (TPSA) is 46.3 Å². The first-order valence-corrected chi connectivity index (χ1v) is 7.17. The Bertz CT molecular complexity index is 771. The third-order valence-corrected chi connectivity index (χ3v) is 3.45. The van der Waals surface area contributed by atoms with Crippen LogP contribution in [0.15, 0.2) is 59.0 Å². The van der Waals surface area contributed by atoms with Gasteiger partial charge in [0.25, 0.3) is 0 Å². The lowest BCUT2D eigenvalue weighted by Gasteiger charge is -1.96. The van der Waals surface area contributed by atoms with E-state index in [1.54, 1.807) is 0 Å². The molecule has 0 atom stereocenters. The molecule has 3 nitrogen and oxygen atoms in total. The van der Waals surface area contributed by atoms with E-state index < -0.39 is 0 Å². The summed E-state index contributed by atoms with van der Waals surface area (Å²) < 4.78 is 5.73.